The Labute approximate surface area is 130 Å². The first-order valence-corrected chi connectivity index (χ1v) is 6.96. The van der Waals surface area contributed by atoms with E-state index in [4.69, 9.17) is 5.73 Å². The highest BCUT2D eigenvalue weighted by Gasteiger charge is 2.31. The van der Waals surface area contributed by atoms with Gasteiger partial charge < -0.3 is 10.5 Å². The number of nitrogen functional groups attached to an aromatic ring is 1. The predicted molar refractivity (Wildman–Crippen MR) is 77.5 cm³/mol. The van der Waals surface area contributed by atoms with E-state index >= 15 is 0 Å². The van der Waals surface area contributed by atoms with Crippen LogP contribution in [-0.2, 0) is 12.8 Å². The number of pyridine rings is 1. The fraction of sp³-hybridized carbons (Fsp3) is 0.250. The van der Waals surface area contributed by atoms with Gasteiger partial charge in [-0.1, -0.05) is 12.1 Å². The number of ether oxygens (including phenoxy) is 1. The second-order valence-electron chi connectivity index (χ2n) is 5.21. The number of nitrogens with two attached hydrogens (primary N) is 1. The molecule has 2 aromatic rings. The van der Waals surface area contributed by atoms with Crippen LogP contribution in [0.15, 0.2) is 24.3 Å². The minimum Gasteiger partial charge on any atom is -0.406 e. The van der Waals surface area contributed by atoms with Gasteiger partial charge in [-0.3, -0.25) is 0 Å². The summed E-state index contributed by atoms with van der Waals surface area (Å²) in [6.45, 7) is 0. The molecule has 2 N–H and O–H groups in total. The lowest BCUT2D eigenvalue weighted by atomic mass is 9.95. The van der Waals surface area contributed by atoms with Gasteiger partial charge in [0.25, 0.3) is 0 Å². The second-order valence-corrected chi connectivity index (χ2v) is 5.21. The Bertz CT molecular complexity index is 791. The molecule has 3 rings (SSSR count). The van der Waals surface area contributed by atoms with Crippen LogP contribution in [0.1, 0.15) is 23.2 Å². The summed E-state index contributed by atoms with van der Waals surface area (Å²) in [7, 11) is 0. The van der Waals surface area contributed by atoms with Crippen LogP contribution in [0.2, 0.25) is 0 Å². The largest absolute Gasteiger partial charge is 0.573 e. The Morgan fingerprint density at radius 2 is 1.87 bits per heavy atom. The number of aryl methyl sites for hydroxylation is 1. The molecule has 0 fully saturated rings. The molecule has 1 aromatic heterocycles. The molecule has 0 atom stereocenters. The standard InChI is InChI=1S/C16H12F3N3O/c17-16(18,19)23-10-6-4-9(5-7-10)14-11-2-1-3-13(11)22-15(21)12(14)8-20/h4-7H,1-3H2,(H2,21,22). The average molecular weight is 319 g/mol. The topological polar surface area (TPSA) is 71.9 Å². The molecule has 0 radical (unpaired) electrons. The summed E-state index contributed by atoms with van der Waals surface area (Å²) in [6, 6.07) is 7.49. The van der Waals surface area contributed by atoms with Crippen molar-refractivity contribution in [2.45, 2.75) is 25.6 Å². The molecule has 4 nitrogen and oxygen atoms in total. The number of nitrogens with zero attached hydrogens (tertiary/aromatic N) is 2. The van der Waals surface area contributed by atoms with E-state index < -0.39 is 6.36 Å². The zero-order valence-corrected chi connectivity index (χ0v) is 11.9. The first kappa shape index (κ1) is 15.2. The number of hydrogen-bond donors (Lipinski definition) is 1. The first-order chi connectivity index (χ1) is 10.9. The maximum Gasteiger partial charge on any atom is 0.573 e. The highest BCUT2D eigenvalue weighted by atomic mass is 19.4. The number of hydrogen-bond acceptors (Lipinski definition) is 4. The van der Waals surface area contributed by atoms with Crippen LogP contribution in [0, 0.1) is 11.3 Å². The number of aromatic nitrogens is 1. The summed E-state index contributed by atoms with van der Waals surface area (Å²) in [6.07, 6.45) is -2.26. The third-order valence-corrected chi connectivity index (χ3v) is 3.74. The molecule has 0 saturated heterocycles. The minimum atomic E-state index is -4.73. The lowest BCUT2D eigenvalue weighted by Gasteiger charge is -2.14. The van der Waals surface area contributed by atoms with Crippen molar-refractivity contribution in [3.63, 3.8) is 0 Å². The summed E-state index contributed by atoms with van der Waals surface area (Å²) < 4.78 is 40.5. The Hall–Kier alpha value is -2.75. The van der Waals surface area contributed by atoms with Crippen molar-refractivity contribution in [1.29, 1.82) is 5.26 Å². The molecular formula is C16H12F3N3O. The van der Waals surface area contributed by atoms with Gasteiger partial charge in [-0.25, -0.2) is 4.98 Å². The van der Waals surface area contributed by atoms with Crippen molar-refractivity contribution in [2.24, 2.45) is 0 Å². The third-order valence-electron chi connectivity index (χ3n) is 3.74. The molecule has 0 bridgehead atoms. The fourth-order valence-electron chi connectivity index (χ4n) is 2.86. The zero-order valence-electron chi connectivity index (χ0n) is 11.9. The van der Waals surface area contributed by atoms with Crippen LogP contribution in [-0.4, -0.2) is 11.3 Å². The summed E-state index contributed by atoms with van der Waals surface area (Å²) in [4.78, 5) is 4.26. The number of benzene rings is 1. The van der Waals surface area contributed by atoms with Crippen molar-refractivity contribution in [2.75, 3.05) is 5.73 Å². The highest BCUT2D eigenvalue weighted by molar-refractivity contribution is 5.79. The molecule has 1 aliphatic rings. The maximum atomic E-state index is 12.2. The summed E-state index contributed by atoms with van der Waals surface area (Å²) in [5.41, 5.74) is 9.19. The van der Waals surface area contributed by atoms with Crippen LogP contribution in [0.4, 0.5) is 19.0 Å². The van der Waals surface area contributed by atoms with Gasteiger partial charge in [-0.05, 0) is 42.5 Å². The Morgan fingerprint density at radius 1 is 1.17 bits per heavy atom. The van der Waals surface area contributed by atoms with E-state index in [1.54, 1.807) is 0 Å². The smallest absolute Gasteiger partial charge is 0.406 e. The molecule has 1 heterocycles. The van der Waals surface area contributed by atoms with E-state index in [-0.39, 0.29) is 17.1 Å². The molecule has 118 valence electrons. The van der Waals surface area contributed by atoms with Gasteiger partial charge in [0.15, 0.2) is 0 Å². The van der Waals surface area contributed by atoms with E-state index in [0.717, 1.165) is 30.5 Å². The number of rotatable bonds is 2. The molecule has 23 heavy (non-hydrogen) atoms. The number of alkyl halides is 3. The maximum absolute atomic E-state index is 12.2. The van der Waals surface area contributed by atoms with Crippen molar-refractivity contribution < 1.29 is 17.9 Å². The number of anilines is 1. The monoisotopic (exact) mass is 319 g/mol. The van der Waals surface area contributed by atoms with E-state index in [2.05, 4.69) is 9.72 Å². The van der Waals surface area contributed by atoms with Crippen molar-refractivity contribution in [3.05, 3.63) is 41.1 Å². The predicted octanol–water partition coefficient (Wildman–Crippen LogP) is 3.59. The van der Waals surface area contributed by atoms with E-state index in [0.29, 0.717) is 11.1 Å². The third kappa shape index (κ3) is 2.93. The van der Waals surface area contributed by atoms with Crippen molar-refractivity contribution >= 4 is 5.82 Å². The summed E-state index contributed by atoms with van der Waals surface area (Å²) in [5, 5.41) is 9.36. The Morgan fingerprint density at radius 3 is 2.48 bits per heavy atom. The van der Waals surface area contributed by atoms with Gasteiger partial charge in [0.1, 0.15) is 23.2 Å². The lowest BCUT2D eigenvalue weighted by molar-refractivity contribution is -0.274. The molecule has 0 amide bonds. The fourth-order valence-corrected chi connectivity index (χ4v) is 2.86. The second kappa shape index (κ2) is 5.47. The van der Waals surface area contributed by atoms with E-state index in [1.165, 1.54) is 24.3 Å². The molecule has 0 unspecified atom stereocenters. The number of halogens is 3. The molecule has 1 aliphatic carbocycles. The van der Waals surface area contributed by atoms with Crippen LogP contribution in [0.3, 0.4) is 0 Å². The van der Waals surface area contributed by atoms with Crippen LogP contribution in [0.25, 0.3) is 11.1 Å². The normalized spacial score (nSPS) is 13.5. The van der Waals surface area contributed by atoms with Gasteiger partial charge >= 0.3 is 6.36 Å². The van der Waals surface area contributed by atoms with Gasteiger partial charge in [0.2, 0.25) is 0 Å². The summed E-state index contributed by atoms with van der Waals surface area (Å²) >= 11 is 0. The van der Waals surface area contributed by atoms with Gasteiger partial charge in [0, 0.05) is 11.3 Å². The van der Waals surface area contributed by atoms with Gasteiger partial charge in [0.05, 0.1) is 0 Å². The molecule has 7 heteroatoms. The zero-order chi connectivity index (χ0) is 16.6. The first-order valence-electron chi connectivity index (χ1n) is 6.96. The quantitative estimate of drug-likeness (QED) is 0.918. The SMILES string of the molecule is N#Cc1c(N)nc2c(c1-c1ccc(OC(F)(F)F)cc1)CCC2. The Kier molecular flexibility index (Phi) is 3.60. The minimum absolute atomic E-state index is 0.152. The molecule has 0 aliphatic heterocycles. The highest BCUT2D eigenvalue weighted by Crippen LogP contribution is 2.37. The lowest BCUT2D eigenvalue weighted by Crippen LogP contribution is -2.16. The van der Waals surface area contributed by atoms with E-state index in [1.807, 2.05) is 6.07 Å². The van der Waals surface area contributed by atoms with Crippen molar-refractivity contribution in [1.82, 2.24) is 4.98 Å². The molecule has 1 aromatic carbocycles. The van der Waals surface area contributed by atoms with Crippen LogP contribution in [0.5, 0.6) is 5.75 Å². The molecule has 0 saturated carbocycles. The van der Waals surface area contributed by atoms with Crippen LogP contribution < -0.4 is 10.5 Å². The van der Waals surface area contributed by atoms with E-state index in [9.17, 15) is 18.4 Å². The van der Waals surface area contributed by atoms with Gasteiger partial charge in [-0.15, -0.1) is 13.2 Å². The van der Waals surface area contributed by atoms with Crippen LogP contribution >= 0.6 is 0 Å². The van der Waals surface area contributed by atoms with Crippen molar-refractivity contribution in [3.8, 4) is 22.9 Å². The number of fused-ring (bicyclic) bond motifs is 1. The Balaban J connectivity index is 2.07. The molecule has 0 spiro atoms. The number of nitriles is 1. The van der Waals surface area contributed by atoms with Gasteiger partial charge in [-0.2, -0.15) is 5.26 Å². The summed E-state index contributed by atoms with van der Waals surface area (Å²) in [5.74, 6) is -0.155. The molecular weight excluding hydrogens is 307 g/mol. The average Bonchev–Trinajstić information content (AvgIpc) is 2.93.